The molecule has 0 amide bonds. The second kappa shape index (κ2) is 9.17. The molecule has 0 saturated carbocycles. The van der Waals surface area contributed by atoms with Crippen LogP contribution in [0.3, 0.4) is 0 Å². The van der Waals surface area contributed by atoms with E-state index in [-0.39, 0.29) is 13.1 Å². The third-order valence-corrected chi connectivity index (χ3v) is 4.60. The fraction of sp³-hybridized carbons (Fsp3) is 0.867. The van der Waals surface area contributed by atoms with Crippen molar-refractivity contribution in [3.63, 3.8) is 0 Å². The zero-order valence-corrected chi connectivity index (χ0v) is 13.7. The van der Waals surface area contributed by atoms with Crippen LogP contribution in [0.25, 0.3) is 0 Å². The normalized spacial score (nSPS) is 28.5. The van der Waals surface area contributed by atoms with Gasteiger partial charge >= 0.3 is 11.9 Å². The lowest BCUT2D eigenvalue weighted by molar-refractivity contribution is -0.139. The van der Waals surface area contributed by atoms with Gasteiger partial charge in [0.1, 0.15) is 0 Å². The molecule has 0 spiro atoms. The maximum atomic E-state index is 11.0. The first-order chi connectivity index (χ1) is 11.0. The van der Waals surface area contributed by atoms with Crippen LogP contribution in [0.5, 0.6) is 0 Å². The van der Waals surface area contributed by atoms with E-state index < -0.39 is 11.9 Å². The molecule has 0 radical (unpaired) electrons. The van der Waals surface area contributed by atoms with Crippen LogP contribution >= 0.6 is 0 Å². The summed E-state index contributed by atoms with van der Waals surface area (Å²) in [7, 11) is 0. The van der Waals surface area contributed by atoms with Crippen molar-refractivity contribution in [3.8, 4) is 0 Å². The van der Waals surface area contributed by atoms with Gasteiger partial charge in [-0.2, -0.15) is 0 Å². The third-order valence-electron chi connectivity index (χ3n) is 4.60. The molecule has 2 aliphatic rings. The van der Waals surface area contributed by atoms with Crippen molar-refractivity contribution in [2.45, 2.75) is 6.42 Å². The number of rotatable bonds is 4. The number of nitrogens with zero attached hydrogens (tertiary/aromatic N) is 4. The van der Waals surface area contributed by atoms with Crippen LogP contribution in [-0.4, -0.2) is 120 Å². The smallest absolute Gasteiger partial charge is 0.317 e. The van der Waals surface area contributed by atoms with Gasteiger partial charge in [0.15, 0.2) is 0 Å². The Morgan fingerprint density at radius 1 is 0.609 bits per heavy atom. The molecule has 2 unspecified atom stereocenters. The van der Waals surface area contributed by atoms with E-state index in [1.165, 1.54) is 0 Å². The van der Waals surface area contributed by atoms with E-state index in [1.807, 2.05) is 9.80 Å². The number of carboxylic acids is 2. The standard InChI is InChI=1S/C15H28N4O4/c20-14(21)12-18-3-1-2-16-4-5-17(7-9-18)8-11-19(10-6-16)13-15(22)23/h1-13H2,(H,20,21)(H,22,23). The maximum absolute atomic E-state index is 11.0. The summed E-state index contributed by atoms with van der Waals surface area (Å²) in [6.45, 7) is 8.71. The van der Waals surface area contributed by atoms with Crippen LogP contribution in [0.1, 0.15) is 6.42 Å². The van der Waals surface area contributed by atoms with Crippen LogP contribution in [0.2, 0.25) is 0 Å². The first-order valence-corrected chi connectivity index (χ1v) is 8.36. The topological polar surface area (TPSA) is 87.6 Å². The number of carbonyl (C=O) groups is 2. The highest BCUT2D eigenvalue weighted by molar-refractivity contribution is 5.69. The highest BCUT2D eigenvalue weighted by atomic mass is 16.4. The Balaban J connectivity index is 1.98. The number of hydrogen-bond acceptors (Lipinski definition) is 6. The summed E-state index contributed by atoms with van der Waals surface area (Å²) in [6, 6.07) is 0. The molecule has 2 fully saturated rings. The summed E-state index contributed by atoms with van der Waals surface area (Å²) in [5, 5.41) is 18.1. The molecule has 0 aromatic heterocycles. The molecule has 132 valence electrons. The van der Waals surface area contributed by atoms with Crippen molar-refractivity contribution in [1.82, 2.24) is 19.6 Å². The first kappa shape index (κ1) is 18.1. The van der Waals surface area contributed by atoms with Crippen molar-refractivity contribution in [1.29, 1.82) is 0 Å². The molecule has 2 heterocycles. The summed E-state index contributed by atoms with van der Waals surface area (Å²) in [4.78, 5) is 30.7. The van der Waals surface area contributed by atoms with Gasteiger partial charge in [-0.3, -0.25) is 24.3 Å². The minimum absolute atomic E-state index is 0.0901. The zero-order chi connectivity index (χ0) is 16.7. The van der Waals surface area contributed by atoms with Gasteiger partial charge in [-0.15, -0.1) is 0 Å². The lowest BCUT2D eigenvalue weighted by atomic mass is 10.3. The number of aliphatic carboxylic acids is 2. The van der Waals surface area contributed by atoms with Crippen LogP contribution in [0.4, 0.5) is 0 Å². The second-order valence-electron chi connectivity index (χ2n) is 6.38. The van der Waals surface area contributed by atoms with E-state index in [0.29, 0.717) is 0 Å². The predicted molar refractivity (Wildman–Crippen MR) is 85.6 cm³/mol. The molecule has 2 saturated heterocycles. The SMILES string of the molecule is O=C(O)CN1CCCN2CCN(CC1)CCN(CC(=O)O)CC2. The summed E-state index contributed by atoms with van der Waals surface area (Å²) < 4.78 is 0. The van der Waals surface area contributed by atoms with Gasteiger partial charge in [0, 0.05) is 58.9 Å². The molecular weight excluding hydrogens is 300 g/mol. The van der Waals surface area contributed by atoms with E-state index in [0.717, 1.165) is 71.9 Å². The Morgan fingerprint density at radius 2 is 1.00 bits per heavy atom. The van der Waals surface area contributed by atoms with Gasteiger partial charge < -0.3 is 15.1 Å². The summed E-state index contributed by atoms with van der Waals surface area (Å²) in [5.74, 6) is -1.55. The Kier molecular flexibility index (Phi) is 7.22. The van der Waals surface area contributed by atoms with Gasteiger partial charge in [0.05, 0.1) is 13.1 Å². The van der Waals surface area contributed by atoms with Crippen LogP contribution in [-0.2, 0) is 9.59 Å². The van der Waals surface area contributed by atoms with Crippen molar-refractivity contribution in [2.75, 3.05) is 78.5 Å². The molecule has 2 atom stereocenters. The van der Waals surface area contributed by atoms with Crippen molar-refractivity contribution in [2.24, 2.45) is 0 Å². The lowest BCUT2D eigenvalue weighted by Crippen LogP contribution is -2.44. The number of carboxylic acid groups (broad SMARTS) is 2. The molecule has 2 bridgehead atoms. The highest BCUT2D eigenvalue weighted by Gasteiger charge is 2.20. The summed E-state index contributed by atoms with van der Waals surface area (Å²) >= 11 is 0. The molecule has 8 heteroatoms. The van der Waals surface area contributed by atoms with E-state index >= 15 is 0 Å². The minimum atomic E-state index is -0.778. The number of hydrogen-bond donors (Lipinski definition) is 2. The molecule has 8 nitrogen and oxygen atoms in total. The zero-order valence-electron chi connectivity index (χ0n) is 13.7. The molecule has 0 aliphatic carbocycles. The van der Waals surface area contributed by atoms with Gasteiger partial charge in [0.2, 0.25) is 0 Å². The average Bonchev–Trinajstić information content (AvgIpc) is 2.57. The van der Waals surface area contributed by atoms with Gasteiger partial charge in [-0.05, 0) is 13.0 Å². The van der Waals surface area contributed by atoms with Crippen LogP contribution in [0, 0.1) is 0 Å². The highest BCUT2D eigenvalue weighted by Crippen LogP contribution is 2.05. The second-order valence-corrected chi connectivity index (χ2v) is 6.38. The molecule has 23 heavy (non-hydrogen) atoms. The quantitative estimate of drug-likeness (QED) is 0.664. The monoisotopic (exact) mass is 328 g/mol. The van der Waals surface area contributed by atoms with E-state index in [4.69, 9.17) is 10.2 Å². The Labute approximate surface area is 137 Å². The maximum Gasteiger partial charge on any atom is 0.317 e. The van der Waals surface area contributed by atoms with Crippen molar-refractivity contribution in [3.05, 3.63) is 0 Å². The third kappa shape index (κ3) is 6.82. The minimum Gasteiger partial charge on any atom is -0.480 e. The Hall–Kier alpha value is -1.22. The largest absolute Gasteiger partial charge is 0.480 e. The van der Waals surface area contributed by atoms with E-state index in [2.05, 4.69) is 9.80 Å². The predicted octanol–water partition coefficient (Wildman–Crippen LogP) is -1.22. The molecule has 2 rings (SSSR count). The van der Waals surface area contributed by atoms with E-state index in [9.17, 15) is 9.59 Å². The molecular formula is C15H28N4O4. The first-order valence-electron chi connectivity index (χ1n) is 8.36. The summed E-state index contributed by atoms with van der Waals surface area (Å²) in [6.07, 6.45) is 0.951. The van der Waals surface area contributed by atoms with E-state index in [1.54, 1.807) is 0 Å². The summed E-state index contributed by atoms with van der Waals surface area (Å²) in [5.41, 5.74) is 0. The lowest BCUT2D eigenvalue weighted by Gasteiger charge is -2.31. The Morgan fingerprint density at radius 3 is 1.48 bits per heavy atom. The van der Waals surface area contributed by atoms with Crippen molar-refractivity contribution < 1.29 is 19.8 Å². The van der Waals surface area contributed by atoms with Crippen LogP contribution < -0.4 is 0 Å². The van der Waals surface area contributed by atoms with Gasteiger partial charge in [0.25, 0.3) is 0 Å². The fourth-order valence-electron chi connectivity index (χ4n) is 3.24. The molecule has 0 aromatic rings. The van der Waals surface area contributed by atoms with Gasteiger partial charge in [-0.1, -0.05) is 0 Å². The Bertz CT molecular complexity index is 407. The van der Waals surface area contributed by atoms with Crippen molar-refractivity contribution >= 4 is 11.9 Å². The van der Waals surface area contributed by atoms with Crippen LogP contribution in [0.15, 0.2) is 0 Å². The molecule has 0 aromatic carbocycles. The molecule has 2 N–H and O–H groups in total. The average molecular weight is 328 g/mol. The fourth-order valence-corrected chi connectivity index (χ4v) is 3.24. The molecule has 2 aliphatic heterocycles. The van der Waals surface area contributed by atoms with Gasteiger partial charge in [-0.25, -0.2) is 0 Å². The number of fused-ring (bicyclic) bond motifs is 3.